The zero-order chi connectivity index (χ0) is 58.7. The third-order valence-electron chi connectivity index (χ3n) is 16.6. The number of ether oxygens (including phenoxy) is 2. The van der Waals surface area contributed by atoms with Gasteiger partial charge in [-0.05, 0) is 89.9 Å². The summed E-state index contributed by atoms with van der Waals surface area (Å²) in [6.45, 7) is 9.07. The third-order valence-corrected chi connectivity index (χ3v) is 16.6. The Kier molecular flexibility index (Phi) is 75.2. The van der Waals surface area contributed by atoms with E-state index >= 15 is 0 Å². The van der Waals surface area contributed by atoms with Crippen molar-refractivity contribution in [3.8, 4) is 0 Å². The minimum Gasteiger partial charge on any atom is -0.550 e. The first-order valence-corrected chi connectivity index (χ1v) is 36.0. The molecule has 0 aromatic carbocycles. The molecule has 0 N–H and O–H groups in total. The van der Waals surface area contributed by atoms with Crippen LogP contribution >= 0.6 is 0 Å². The van der Waals surface area contributed by atoms with Crippen LogP contribution in [-0.2, 0) is 48.1 Å². The molecule has 0 aromatic rings. The summed E-state index contributed by atoms with van der Waals surface area (Å²) in [7, 11) is 0. The van der Waals surface area contributed by atoms with Crippen LogP contribution in [-0.4, -0.2) is 36.1 Å². The van der Waals surface area contributed by atoms with Gasteiger partial charge in [-0.3, -0.25) is 9.59 Å². The molecule has 9 heteroatoms. The molecule has 0 saturated carbocycles. The molecular weight excluding hydrogens is 1060 g/mol. The summed E-state index contributed by atoms with van der Waals surface area (Å²) in [5.74, 6) is -2.02. The van der Waals surface area contributed by atoms with Crippen LogP contribution in [0.4, 0.5) is 0 Å². The largest absolute Gasteiger partial charge is 2.00 e. The molecule has 0 aliphatic rings. The Bertz CT molecular complexity index is 1170. The van der Waals surface area contributed by atoms with E-state index in [2.05, 4.69) is 27.7 Å². The molecule has 476 valence electrons. The van der Waals surface area contributed by atoms with Gasteiger partial charge in [0.2, 0.25) is 0 Å². The van der Waals surface area contributed by atoms with Gasteiger partial charge in [-0.2, -0.15) is 0 Å². The molecule has 2 unspecified atom stereocenters. The standard InChI is InChI=1S/2C36H70O4.Zn/c2*1-3-5-7-9-11-13-14-15-16-17-18-20-22-24-29-33-36(39)40-34(31-27-25-28-32-35(37)38)30-26-23-21-19-12-10-8-6-4-2;/h2*34H,3-33H2,1-2H3,(H,37,38);/q;;+2/p-2. The van der Waals surface area contributed by atoms with E-state index in [1.54, 1.807) is 0 Å². The van der Waals surface area contributed by atoms with Crippen molar-refractivity contribution >= 4 is 23.9 Å². The van der Waals surface area contributed by atoms with Crippen LogP contribution in [0, 0.1) is 0 Å². The maximum absolute atomic E-state index is 12.5. The summed E-state index contributed by atoms with van der Waals surface area (Å²) in [6, 6.07) is 0. The van der Waals surface area contributed by atoms with Crippen molar-refractivity contribution in [1.29, 1.82) is 0 Å². The summed E-state index contributed by atoms with van der Waals surface area (Å²) in [6.07, 6.45) is 72.9. The van der Waals surface area contributed by atoms with Crippen molar-refractivity contribution in [2.24, 2.45) is 0 Å². The van der Waals surface area contributed by atoms with Gasteiger partial charge in [0, 0.05) is 24.8 Å². The van der Waals surface area contributed by atoms with Crippen LogP contribution in [0.5, 0.6) is 0 Å². The van der Waals surface area contributed by atoms with Gasteiger partial charge in [0.05, 0.1) is 0 Å². The number of carboxylic acid groups (broad SMARTS) is 2. The fraction of sp³-hybridized carbons (Fsp3) is 0.944. The molecule has 0 heterocycles. The van der Waals surface area contributed by atoms with Crippen molar-refractivity contribution in [2.75, 3.05) is 0 Å². The number of carbonyl (C=O) groups is 4. The summed E-state index contributed by atoms with van der Waals surface area (Å²) < 4.78 is 11.8. The Morgan fingerprint density at radius 2 is 0.383 bits per heavy atom. The first-order chi connectivity index (χ1) is 39.2. The molecule has 0 aliphatic carbocycles. The van der Waals surface area contributed by atoms with Gasteiger partial charge in [-0.25, -0.2) is 0 Å². The normalized spacial score (nSPS) is 11.9. The molecule has 0 bridgehead atoms. The van der Waals surface area contributed by atoms with E-state index in [1.165, 1.54) is 270 Å². The maximum Gasteiger partial charge on any atom is 2.00 e. The smallest absolute Gasteiger partial charge is 0.550 e. The molecule has 81 heavy (non-hydrogen) atoms. The van der Waals surface area contributed by atoms with E-state index in [1.807, 2.05) is 0 Å². The van der Waals surface area contributed by atoms with E-state index in [9.17, 15) is 29.4 Å². The Morgan fingerprint density at radius 3 is 0.568 bits per heavy atom. The molecule has 0 aromatic heterocycles. The molecule has 0 rings (SSSR count). The van der Waals surface area contributed by atoms with Crippen molar-refractivity contribution in [1.82, 2.24) is 0 Å². The second kappa shape index (κ2) is 72.8. The van der Waals surface area contributed by atoms with Crippen LogP contribution in [0.25, 0.3) is 0 Å². The van der Waals surface area contributed by atoms with Crippen molar-refractivity contribution in [3.63, 3.8) is 0 Å². The molecule has 0 aliphatic heterocycles. The predicted octanol–water partition coefficient (Wildman–Crippen LogP) is 21.6. The Labute approximate surface area is 517 Å². The number of aliphatic carboxylic acids is 2. The van der Waals surface area contributed by atoms with Gasteiger partial charge < -0.3 is 29.3 Å². The number of unbranched alkanes of at least 4 members (excludes halogenated alkanes) is 48. The minimum absolute atomic E-state index is 0. The summed E-state index contributed by atoms with van der Waals surface area (Å²) in [5, 5.41) is 21.3. The molecular formula is C72H138O8Zn. The first kappa shape index (κ1) is 83.7. The summed E-state index contributed by atoms with van der Waals surface area (Å²) in [4.78, 5) is 46.3. The van der Waals surface area contributed by atoms with E-state index in [0.717, 1.165) is 89.9 Å². The van der Waals surface area contributed by atoms with Crippen LogP contribution < -0.4 is 10.2 Å². The number of carboxylic acids is 2. The summed E-state index contributed by atoms with van der Waals surface area (Å²) in [5.41, 5.74) is 0. The second-order valence-corrected chi connectivity index (χ2v) is 24.8. The van der Waals surface area contributed by atoms with Gasteiger partial charge in [0.25, 0.3) is 0 Å². The number of carbonyl (C=O) groups excluding carboxylic acids is 4. The Balaban J connectivity index is -0.00000148. The second-order valence-electron chi connectivity index (χ2n) is 24.8. The van der Waals surface area contributed by atoms with Crippen LogP contribution in [0.1, 0.15) is 426 Å². The van der Waals surface area contributed by atoms with E-state index in [4.69, 9.17) is 9.47 Å². The van der Waals surface area contributed by atoms with Crippen LogP contribution in [0.2, 0.25) is 0 Å². The van der Waals surface area contributed by atoms with Gasteiger partial charge >= 0.3 is 31.4 Å². The zero-order valence-corrected chi connectivity index (χ0v) is 57.9. The van der Waals surface area contributed by atoms with E-state index < -0.39 is 11.9 Å². The SMILES string of the molecule is CCCCCCCCCCCCCCCCCC(=O)OC(CCCCCCCCCCC)CCCCCC(=O)[O-].CCCCCCCCCCCCCCCCCC(=O)OC(CCCCCCCCCCC)CCCCCC(=O)[O-].[Zn+2]. The number of rotatable bonds is 66. The Morgan fingerprint density at radius 1 is 0.235 bits per heavy atom. The van der Waals surface area contributed by atoms with Crippen molar-refractivity contribution < 1.29 is 58.3 Å². The van der Waals surface area contributed by atoms with E-state index in [0.29, 0.717) is 25.7 Å². The van der Waals surface area contributed by atoms with Gasteiger partial charge in [-0.15, -0.1) is 0 Å². The molecule has 0 spiro atoms. The van der Waals surface area contributed by atoms with Crippen LogP contribution in [0.15, 0.2) is 0 Å². The van der Waals surface area contributed by atoms with Crippen molar-refractivity contribution in [3.05, 3.63) is 0 Å². The molecule has 0 fully saturated rings. The van der Waals surface area contributed by atoms with Gasteiger partial charge in [0.1, 0.15) is 12.2 Å². The average Bonchev–Trinajstić information content (AvgIpc) is 3.43. The molecule has 2 atom stereocenters. The summed E-state index contributed by atoms with van der Waals surface area (Å²) >= 11 is 0. The minimum atomic E-state index is -0.971. The number of esters is 2. The number of hydrogen-bond donors (Lipinski definition) is 0. The molecule has 0 radical (unpaired) electrons. The topological polar surface area (TPSA) is 133 Å². The monoisotopic (exact) mass is 1190 g/mol. The fourth-order valence-corrected chi connectivity index (χ4v) is 11.3. The molecule has 8 nitrogen and oxygen atoms in total. The number of hydrogen-bond acceptors (Lipinski definition) is 8. The maximum atomic E-state index is 12.5. The quantitative estimate of drug-likeness (QED) is 0.0334. The fourth-order valence-electron chi connectivity index (χ4n) is 11.3. The average molecular weight is 1200 g/mol. The van der Waals surface area contributed by atoms with Gasteiger partial charge in [0.15, 0.2) is 0 Å². The molecule has 0 amide bonds. The predicted molar refractivity (Wildman–Crippen MR) is 339 cm³/mol. The van der Waals surface area contributed by atoms with Gasteiger partial charge in [-0.1, -0.05) is 323 Å². The third kappa shape index (κ3) is 74.6. The van der Waals surface area contributed by atoms with Crippen LogP contribution in [0.3, 0.4) is 0 Å². The zero-order valence-electron chi connectivity index (χ0n) is 55.0. The first-order valence-electron chi connectivity index (χ1n) is 36.0. The molecule has 0 saturated heterocycles. The Hall–Kier alpha value is -1.50. The van der Waals surface area contributed by atoms with Crippen molar-refractivity contribution in [2.45, 2.75) is 438 Å². The van der Waals surface area contributed by atoms with E-state index in [-0.39, 0.29) is 56.5 Å².